The molecule has 1 heterocycles. The number of aromatic nitrogens is 2. The predicted molar refractivity (Wildman–Crippen MR) is 108 cm³/mol. The third-order valence-corrected chi connectivity index (χ3v) is 4.56. The molecule has 144 valence electrons. The van der Waals surface area contributed by atoms with E-state index in [0.29, 0.717) is 22.9 Å². The number of nitrogens with one attached hydrogen (secondary N) is 1. The van der Waals surface area contributed by atoms with Crippen LogP contribution in [0.5, 0.6) is 0 Å². The van der Waals surface area contributed by atoms with Gasteiger partial charge in [0.2, 0.25) is 0 Å². The van der Waals surface area contributed by atoms with Gasteiger partial charge in [-0.1, -0.05) is 48.9 Å². The average molecular weight is 398 g/mol. The fourth-order valence-corrected chi connectivity index (χ4v) is 2.82. The summed E-state index contributed by atoms with van der Waals surface area (Å²) in [6, 6.07) is 16.2. The molecule has 2 aromatic carbocycles. The van der Waals surface area contributed by atoms with Crippen LogP contribution >= 0.6 is 11.6 Å². The lowest BCUT2D eigenvalue weighted by atomic mass is 10.1. The van der Waals surface area contributed by atoms with E-state index in [1.54, 1.807) is 35.1 Å². The number of amides is 1. The van der Waals surface area contributed by atoms with E-state index in [9.17, 15) is 9.59 Å². The molecule has 28 heavy (non-hydrogen) atoms. The minimum atomic E-state index is -0.539. The van der Waals surface area contributed by atoms with Crippen molar-refractivity contribution in [2.75, 3.05) is 11.9 Å². The number of ether oxygens (including phenoxy) is 1. The van der Waals surface area contributed by atoms with E-state index in [2.05, 4.69) is 10.4 Å². The second kappa shape index (κ2) is 9.19. The summed E-state index contributed by atoms with van der Waals surface area (Å²) in [7, 11) is 0. The summed E-state index contributed by atoms with van der Waals surface area (Å²) >= 11 is 6.18. The molecule has 1 amide bonds. The summed E-state index contributed by atoms with van der Waals surface area (Å²) in [5.74, 6) is -0.491. The van der Waals surface area contributed by atoms with Crippen LogP contribution in [0.2, 0.25) is 5.02 Å². The molecule has 1 N–H and O–H groups in total. The molecule has 0 radical (unpaired) electrons. The Balaban J connectivity index is 1.56. The molecule has 0 unspecified atom stereocenters. The minimum absolute atomic E-state index is 0.383. The van der Waals surface area contributed by atoms with E-state index >= 15 is 0 Å². The second-order valence-corrected chi connectivity index (χ2v) is 6.55. The quantitative estimate of drug-likeness (QED) is 0.613. The van der Waals surface area contributed by atoms with Gasteiger partial charge in [-0.2, -0.15) is 5.10 Å². The Morgan fingerprint density at radius 3 is 2.57 bits per heavy atom. The van der Waals surface area contributed by atoms with Crippen molar-refractivity contribution in [3.63, 3.8) is 0 Å². The fraction of sp³-hybridized carbons (Fsp3) is 0.190. The number of aryl methyl sites for hydroxylation is 1. The van der Waals surface area contributed by atoms with Gasteiger partial charge in [0.1, 0.15) is 5.82 Å². The van der Waals surface area contributed by atoms with E-state index in [-0.39, 0.29) is 6.61 Å². The number of hydrogen-bond donors (Lipinski definition) is 1. The molecule has 3 rings (SSSR count). The zero-order chi connectivity index (χ0) is 19.9. The summed E-state index contributed by atoms with van der Waals surface area (Å²) in [6.45, 7) is 2.06. The first-order valence-electron chi connectivity index (χ1n) is 8.88. The summed E-state index contributed by atoms with van der Waals surface area (Å²) in [5, 5.41) is 7.52. The maximum atomic E-state index is 12.2. The number of hydrogen-bond acceptors (Lipinski definition) is 4. The predicted octanol–water partition coefficient (Wildman–Crippen LogP) is 3.94. The highest BCUT2D eigenvalue weighted by atomic mass is 35.5. The summed E-state index contributed by atoms with van der Waals surface area (Å²) in [6.07, 6.45) is 2.47. The van der Waals surface area contributed by atoms with Crippen molar-refractivity contribution in [1.82, 2.24) is 9.78 Å². The van der Waals surface area contributed by atoms with Crippen molar-refractivity contribution in [3.05, 3.63) is 82.5 Å². The van der Waals surface area contributed by atoms with E-state index in [0.717, 1.165) is 17.5 Å². The first kappa shape index (κ1) is 19.6. The number of anilines is 1. The van der Waals surface area contributed by atoms with Crippen LogP contribution in [0.3, 0.4) is 0 Å². The van der Waals surface area contributed by atoms with Gasteiger partial charge in [-0.25, -0.2) is 9.48 Å². The zero-order valence-electron chi connectivity index (χ0n) is 15.4. The molecular formula is C21H20ClN3O3. The molecule has 0 atom stereocenters. The molecule has 0 aliphatic heterocycles. The summed E-state index contributed by atoms with van der Waals surface area (Å²) < 4.78 is 6.70. The van der Waals surface area contributed by atoms with Crippen molar-refractivity contribution in [2.24, 2.45) is 0 Å². The van der Waals surface area contributed by atoms with Gasteiger partial charge in [0.05, 0.1) is 18.3 Å². The highest BCUT2D eigenvalue weighted by Gasteiger charge is 2.13. The number of benzene rings is 2. The molecule has 6 nitrogen and oxygen atoms in total. The van der Waals surface area contributed by atoms with Gasteiger partial charge in [-0.3, -0.25) is 4.79 Å². The van der Waals surface area contributed by atoms with Gasteiger partial charge >= 0.3 is 5.97 Å². The third kappa shape index (κ3) is 4.98. The van der Waals surface area contributed by atoms with Crippen LogP contribution in [0, 0.1) is 0 Å². The van der Waals surface area contributed by atoms with E-state index < -0.39 is 11.9 Å². The van der Waals surface area contributed by atoms with Gasteiger partial charge in [0, 0.05) is 11.1 Å². The van der Waals surface area contributed by atoms with Crippen LogP contribution in [0.4, 0.5) is 5.82 Å². The largest absolute Gasteiger partial charge is 0.452 e. The highest BCUT2D eigenvalue weighted by molar-refractivity contribution is 6.31. The lowest BCUT2D eigenvalue weighted by Gasteiger charge is -2.10. The van der Waals surface area contributed by atoms with Crippen LogP contribution in [-0.2, 0) is 22.5 Å². The van der Waals surface area contributed by atoms with Crippen molar-refractivity contribution < 1.29 is 14.3 Å². The van der Waals surface area contributed by atoms with Crippen LogP contribution in [0.25, 0.3) is 0 Å². The van der Waals surface area contributed by atoms with Crippen LogP contribution in [0.15, 0.2) is 60.8 Å². The van der Waals surface area contributed by atoms with E-state index in [4.69, 9.17) is 16.3 Å². The molecule has 1 aromatic heterocycles. The number of nitrogens with zero attached hydrogens (tertiary/aromatic N) is 2. The summed E-state index contributed by atoms with van der Waals surface area (Å²) in [4.78, 5) is 24.2. The van der Waals surface area contributed by atoms with Crippen LogP contribution < -0.4 is 5.32 Å². The zero-order valence-corrected chi connectivity index (χ0v) is 16.1. The Labute approximate surface area is 168 Å². The standard InChI is InChI=1S/C21H20ClN3O3/c1-2-15-7-9-16(10-8-15)21(27)28-14-20(26)24-19-11-12-23-25(19)13-17-5-3-4-6-18(17)22/h3-12H,2,13-14H2,1H3,(H,24,26). The van der Waals surface area contributed by atoms with Gasteiger partial charge < -0.3 is 10.1 Å². The number of halogens is 1. The molecule has 0 saturated carbocycles. The number of rotatable bonds is 7. The molecular weight excluding hydrogens is 378 g/mol. The molecule has 0 fully saturated rings. The first-order valence-corrected chi connectivity index (χ1v) is 9.25. The first-order chi connectivity index (χ1) is 13.6. The molecule has 0 bridgehead atoms. The number of esters is 1. The number of carbonyl (C=O) groups excluding carboxylic acids is 2. The maximum absolute atomic E-state index is 12.2. The van der Waals surface area contributed by atoms with E-state index in [1.165, 1.54) is 0 Å². The van der Waals surface area contributed by atoms with Crippen LogP contribution in [0.1, 0.15) is 28.4 Å². The highest BCUT2D eigenvalue weighted by Crippen LogP contribution is 2.18. The van der Waals surface area contributed by atoms with Crippen molar-refractivity contribution in [3.8, 4) is 0 Å². The van der Waals surface area contributed by atoms with Crippen LogP contribution in [-0.4, -0.2) is 28.3 Å². The Kier molecular flexibility index (Phi) is 6.45. The molecule has 0 saturated heterocycles. The normalized spacial score (nSPS) is 10.5. The number of carbonyl (C=O) groups is 2. The van der Waals surface area contributed by atoms with Gasteiger partial charge in [-0.15, -0.1) is 0 Å². The lowest BCUT2D eigenvalue weighted by molar-refractivity contribution is -0.119. The van der Waals surface area contributed by atoms with Gasteiger partial charge in [0.25, 0.3) is 5.91 Å². The maximum Gasteiger partial charge on any atom is 0.338 e. The molecule has 7 heteroatoms. The SMILES string of the molecule is CCc1ccc(C(=O)OCC(=O)Nc2ccnn2Cc2ccccc2Cl)cc1. The lowest BCUT2D eigenvalue weighted by Crippen LogP contribution is -2.22. The Hall–Kier alpha value is -3.12. The molecule has 0 spiro atoms. The van der Waals surface area contributed by atoms with Gasteiger partial charge in [-0.05, 0) is 35.7 Å². The Morgan fingerprint density at radius 1 is 1.11 bits per heavy atom. The molecule has 3 aromatic rings. The third-order valence-electron chi connectivity index (χ3n) is 4.19. The Bertz CT molecular complexity index is 967. The topological polar surface area (TPSA) is 73.2 Å². The van der Waals surface area contributed by atoms with Gasteiger partial charge in [0.15, 0.2) is 6.61 Å². The minimum Gasteiger partial charge on any atom is -0.452 e. The van der Waals surface area contributed by atoms with Crippen molar-refractivity contribution in [1.29, 1.82) is 0 Å². The summed E-state index contributed by atoms with van der Waals surface area (Å²) in [5.41, 5.74) is 2.42. The molecule has 0 aliphatic carbocycles. The fourth-order valence-electron chi connectivity index (χ4n) is 2.62. The molecule has 0 aliphatic rings. The van der Waals surface area contributed by atoms with Crippen molar-refractivity contribution in [2.45, 2.75) is 19.9 Å². The smallest absolute Gasteiger partial charge is 0.338 e. The van der Waals surface area contributed by atoms with Crippen molar-refractivity contribution >= 4 is 29.3 Å². The monoisotopic (exact) mass is 397 g/mol. The average Bonchev–Trinajstić information content (AvgIpc) is 3.14. The second-order valence-electron chi connectivity index (χ2n) is 6.14. The Morgan fingerprint density at radius 2 is 1.86 bits per heavy atom. The van der Waals surface area contributed by atoms with E-state index in [1.807, 2.05) is 37.3 Å².